The van der Waals surface area contributed by atoms with Crippen LogP contribution in [0.1, 0.15) is 10.6 Å². The Balaban J connectivity index is 1.43. The topological polar surface area (TPSA) is 69.9 Å². The van der Waals surface area contributed by atoms with E-state index in [0.717, 1.165) is 11.1 Å². The molecule has 25 heavy (non-hydrogen) atoms. The fourth-order valence-electron chi connectivity index (χ4n) is 2.77. The van der Waals surface area contributed by atoms with Gasteiger partial charge in [0.15, 0.2) is 28.6 Å². The number of hydrogen-bond acceptors (Lipinski definition) is 5. The maximum absolute atomic E-state index is 12.4. The third kappa shape index (κ3) is 2.98. The molecule has 1 atom stereocenters. The van der Waals surface area contributed by atoms with Crippen LogP contribution < -0.4 is 19.5 Å². The van der Waals surface area contributed by atoms with Gasteiger partial charge in [0.05, 0.1) is 13.7 Å². The Labute approximate surface area is 144 Å². The first-order valence-corrected chi connectivity index (χ1v) is 7.98. The summed E-state index contributed by atoms with van der Waals surface area (Å²) >= 11 is 0. The molecule has 2 aromatic carbocycles. The molecule has 1 aliphatic heterocycles. The highest BCUT2D eigenvalue weighted by atomic mass is 16.6. The Morgan fingerprint density at radius 1 is 1.20 bits per heavy atom. The first-order chi connectivity index (χ1) is 12.2. The third-order valence-electron chi connectivity index (χ3n) is 4.01. The van der Waals surface area contributed by atoms with Crippen molar-refractivity contribution in [1.82, 2.24) is 5.32 Å². The van der Waals surface area contributed by atoms with Crippen molar-refractivity contribution >= 4 is 16.9 Å². The van der Waals surface area contributed by atoms with Gasteiger partial charge in [-0.1, -0.05) is 24.3 Å². The van der Waals surface area contributed by atoms with Crippen molar-refractivity contribution in [1.29, 1.82) is 0 Å². The van der Waals surface area contributed by atoms with Crippen molar-refractivity contribution in [3.05, 3.63) is 54.3 Å². The lowest BCUT2D eigenvalue weighted by molar-refractivity contribution is 0.0774. The van der Waals surface area contributed by atoms with Gasteiger partial charge in [-0.05, 0) is 24.3 Å². The molecule has 2 heterocycles. The zero-order valence-electron chi connectivity index (χ0n) is 13.7. The minimum absolute atomic E-state index is 0.233. The van der Waals surface area contributed by atoms with Crippen LogP contribution in [0.2, 0.25) is 0 Å². The number of carbonyl (C=O) groups excluding carboxylic acids is 1. The second-order valence-electron chi connectivity index (χ2n) is 5.70. The summed E-state index contributed by atoms with van der Waals surface area (Å²) in [5, 5.41) is 3.63. The van der Waals surface area contributed by atoms with Crippen LogP contribution in [-0.2, 0) is 0 Å². The quantitative estimate of drug-likeness (QED) is 0.791. The maximum atomic E-state index is 12.4. The van der Waals surface area contributed by atoms with Gasteiger partial charge in [-0.15, -0.1) is 0 Å². The molecule has 1 aromatic heterocycles. The van der Waals surface area contributed by atoms with Gasteiger partial charge in [0, 0.05) is 5.39 Å². The molecule has 0 saturated heterocycles. The van der Waals surface area contributed by atoms with Crippen molar-refractivity contribution in [2.75, 3.05) is 20.3 Å². The van der Waals surface area contributed by atoms with Gasteiger partial charge < -0.3 is 23.9 Å². The highest BCUT2D eigenvalue weighted by Crippen LogP contribution is 2.31. The third-order valence-corrected chi connectivity index (χ3v) is 4.01. The molecule has 128 valence electrons. The number of methoxy groups -OCH3 is 1. The molecule has 4 rings (SSSR count). The Kier molecular flexibility index (Phi) is 3.93. The van der Waals surface area contributed by atoms with Gasteiger partial charge in [0.1, 0.15) is 12.7 Å². The summed E-state index contributed by atoms with van der Waals surface area (Å²) in [7, 11) is 1.56. The smallest absolute Gasteiger partial charge is 0.287 e. The Bertz CT molecular complexity index is 917. The fourth-order valence-corrected chi connectivity index (χ4v) is 2.77. The summed E-state index contributed by atoms with van der Waals surface area (Å²) in [4.78, 5) is 12.4. The molecule has 0 aliphatic carbocycles. The zero-order valence-corrected chi connectivity index (χ0v) is 13.7. The molecular weight excluding hydrogens is 322 g/mol. The first kappa shape index (κ1) is 15.4. The molecular formula is C19H17NO5. The fraction of sp³-hybridized carbons (Fsp3) is 0.211. The number of amides is 1. The zero-order chi connectivity index (χ0) is 17.2. The minimum Gasteiger partial charge on any atom is -0.493 e. The van der Waals surface area contributed by atoms with E-state index in [1.165, 1.54) is 0 Å². The van der Waals surface area contributed by atoms with E-state index in [0.29, 0.717) is 30.2 Å². The van der Waals surface area contributed by atoms with Crippen LogP contribution >= 0.6 is 0 Å². The van der Waals surface area contributed by atoms with Gasteiger partial charge in [-0.3, -0.25) is 4.79 Å². The number of rotatable bonds is 4. The van der Waals surface area contributed by atoms with E-state index in [4.69, 9.17) is 18.6 Å². The van der Waals surface area contributed by atoms with Gasteiger partial charge in [-0.2, -0.15) is 0 Å². The van der Waals surface area contributed by atoms with Crippen LogP contribution in [0.25, 0.3) is 11.0 Å². The maximum Gasteiger partial charge on any atom is 0.287 e. The Morgan fingerprint density at radius 3 is 2.88 bits per heavy atom. The highest BCUT2D eigenvalue weighted by molar-refractivity contribution is 5.97. The number of furan rings is 1. The lowest BCUT2D eigenvalue weighted by atomic mass is 10.2. The van der Waals surface area contributed by atoms with Crippen molar-refractivity contribution in [2.45, 2.75) is 6.10 Å². The molecule has 0 radical (unpaired) electrons. The number of fused-ring (bicyclic) bond motifs is 2. The predicted molar refractivity (Wildman–Crippen MR) is 91.5 cm³/mol. The number of benzene rings is 2. The predicted octanol–water partition coefficient (Wildman–Crippen LogP) is 3.01. The van der Waals surface area contributed by atoms with Crippen LogP contribution in [0, 0.1) is 0 Å². The molecule has 1 aliphatic rings. The number of nitrogens with one attached hydrogen (secondary N) is 1. The molecule has 0 spiro atoms. The van der Waals surface area contributed by atoms with Crippen molar-refractivity contribution in [3.8, 4) is 17.2 Å². The standard InChI is InChI=1S/C19H17NO5/c1-22-16-8-4-5-12-9-17(25-18(12)16)19(21)20-10-13-11-23-14-6-2-3-7-15(14)24-13/h2-9,13H,10-11H2,1H3,(H,20,21). The first-order valence-electron chi connectivity index (χ1n) is 7.98. The molecule has 1 amide bonds. The monoisotopic (exact) mass is 339 g/mol. The van der Waals surface area contributed by atoms with E-state index in [-0.39, 0.29) is 17.8 Å². The number of ether oxygens (including phenoxy) is 3. The molecule has 6 nitrogen and oxygen atoms in total. The van der Waals surface area contributed by atoms with Crippen LogP contribution in [-0.4, -0.2) is 32.3 Å². The molecule has 0 fully saturated rings. The number of para-hydroxylation sites is 3. The van der Waals surface area contributed by atoms with Crippen LogP contribution in [0.15, 0.2) is 52.9 Å². The summed E-state index contributed by atoms with van der Waals surface area (Å²) in [5.74, 6) is 1.92. The summed E-state index contributed by atoms with van der Waals surface area (Å²) in [6, 6.07) is 14.7. The highest BCUT2D eigenvalue weighted by Gasteiger charge is 2.22. The van der Waals surface area contributed by atoms with E-state index >= 15 is 0 Å². The SMILES string of the molecule is COc1cccc2cc(C(=O)NCC3COc4ccccc4O3)oc12. The molecule has 1 N–H and O–H groups in total. The summed E-state index contributed by atoms with van der Waals surface area (Å²) in [5.41, 5.74) is 0.557. The summed E-state index contributed by atoms with van der Waals surface area (Å²) in [6.07, 6.45) is -0.252. The van der Waals surface area contributed by atoms with Gasteiger partial charge in [0.2, 0.25) is 0 Å². The van der Waals surface area contributed by atoms with Crippen LogP contribution in [0.3, 0.4) is 0 Å². The van der Waals surface area contributed by atoms with Crippen molar-refractivity contribution in [3.63, 3.8) is 0 Å². The molecule has 1 unspecified atom stereocenters. The van der Waals surface area contributed by atoms with Gasteiger partial charge in [0.25, 0.3) is 5.91 Å². The molecule has 0 saturated carbocycles. The van der Waals surface area contributed by atoms with Gasteiger partial charge in [-0.25, -0.2) is 0 Å². The van der Waals surface area contributed by atoms with E-state index in [1.54, 1.807) is 19.2 Å². The molecule has 0 bridgehead atoms. The second-order valence-corrected chi connectivity index (χ2v) is 5.70. The van der Waals surface area contributed by atoms with E-state index in [2.05, 4.69) is 5.32 Å². The lowest BCUT2D eigenvalue weighted by Gasteiger charge is -2.26. The average molecular weight is 339 g/mol. The van der Waals surface area contributed by atoms with E-state index < -0.39 is 0 Å². The van der Waals surface area contributed by atoms with Crippen LogP contribution in [0.5, 0.6) is 17.2 Å². The summed E-state index contributed by atoms with van der Waals surface area (Å²) < 4.78 is 22.3. The van der Waals surface area contributed by atoms with E-state index in [1.807, 2.05) is 36.4 Å². The lowest BCUT2D eigenvalue weighted by Crippen LogP contribution is -2.40. The number of hydrogen-bond donors (Lipinski definition) is 1. The Morgan fingerprint density at radius 2 is 2.04 bits per heavy atom. The number of carbonyl (C=O) groups is 1. The average Bonchev–Trinajstić information content (AvgIpc) is 3.10. The second kappa shape index (κ2) is 6.39. The molecule has 6 heteroatoms. The van der Waals surface area contributed by atoms with E-state index in [9.17, 15) is 4.79 Å². The van der Waals surface area contributed by atoms with Crippen molar-refractivity contribution < 1.29 is 23.4 Å². The Hall–Kier alpha value is -3.15. The summed E-state index contributed by atoms with van der Waals surface area (Å²) in [6.45, 7) is 0.701. The molecule has 3 aromatic rings. The normalized spacial score (nSPS) is 15.8. The van der Waals surface area contributed by atoms with Gasteiger partial charge >= 0.3 is 0 Å². The van der Waals surface area contributed by atoms with Crippen molar-refractivity contribution in [2.24, 2.45) is 0 Å². The largest absolute Gasteiger partial charge is 0.493 e. The van der Waals surface area contributed by atoms with Crippen LogP contribution in [0.4, 0.5) is 0 Å². The minimum atomic E-state index is -0.305.